The highest BCUT2D eigenvalue weighted by molar-refractivity contribution is 14.1. The van der Waals surface area contributed by atoms with Gasteiger partial charge in [0.2, 0.25) is 0 Å². The molecule has 2 aromatic carbocycles. The van der Waals surface area contributed by atoms with Crippen molar-refractivity contribution in [3.63, 3.8) is 0 Å². The summed E-state index contributed by atoms with van der Waals surface area (Å²) in [6, 6.07) is 19.1. The highest BCUT2D eigenvalue weighted by Crippen LogP contribution is 2.27. The van der Waals surface area contributed by atoms with Crippen molar-refractivity contribution in [2.45, 2.75) is 25.3 Å². The molecule has 1 aliphatic heterocycles. The first kappa shape index (κ1) is 15.6. The maximum atomic E-state index is 3.53. The molecule has 0 aromatic heterocycles. The Morgan fingerprint density at radius 1 is 0.864 bits per heavy atom. The second-order valence-corrected chi connectivity index (χ2v) is 6.82. The molecule has 0 amide bonds. The van der Waals surface area contributed by atoms with Crippen molar-refractivity contribution in [2.75, 3.05) is 13.1 Å². The summed E-state index contributed by atoms with van der Waals surface area (Å²) in [5.74, 6) is 6.91. The lowest BCUT2D eigenvalue weighted by atomic mass is 10.0. The molecule has 2 aromatic rings. The molecule has 2 heteroatoms. The molecule has 3 rings (SSSR count). The Balaban J connectivity index is 1.93. The van der Waals surface area contributed by atoms with Crippen LogP contribution in [-0.2, 0) is 0 Å². The molecule has 0 spiro atoms. The number of piperidine rings is 1. The van der Waals surface area contributed by atoms with Crippen molar-refractivity contribution in [1.82, 2.24) is 4.90 Å². The first-order valence-electron chi connectivity index (χ1n) is 7.90. The minimum Gasteiger partial charge on any atom is -0.286 e. The van der Waals surface area contributed by atoms with Gasteiger partial charge in [0.1, 0.15) is 0 Å². The second kappa shape index (κ2) is 7.80. The van der Waals surface area contributed by atoms with Crippen LogP contribution in [0, 0.1) is 15.4 Å². The number of hydrogen-bond acceptors (Lipinski definition) is 1. The molecular weight excluding hydrogens is 381 g/mol. The van der Waals surface area contributed by atoms with E-state index in [4.69, 9.17) is 0 Å². The van der Waals surface area contributed by atoms with Crippen LogP contribution < -0.4 is 0 Å². The lowest BCUT2D eigenvalue weighted by Crippen LogP contribution is -2.33. The van der Waals surface area contributed by atoms with E-state index in [9.17, 15) is 0 Å². The SMILES string of the molecule is Ic1ccccc1C(C#Cc1ccccc1)N1CCCCC1. The van der Waals surface area contributed by atoms with E-state index in [-0.39, 0.29) is 6.04 Å². The fourth-order valence-corrected chi connectivity index (χ4v) is 3.59. The third-order valence-electron chi connectivity index (χ3n) is 4.08. The predicted octanol–water partition coefficient (Wildman–Crippen LogP) is 4.87. The van der Waals surface area contributed by atoms with Gasteiger partial charge in [0.25, 0.3) is 0 Å². The Bertz CT molecular complexity index is 663. The van der Waals surface area contributed by atoms with Crippen LogP contribution >= 0.6 is 22.6 Å². The van der Waals surface area contributed by atoms with Crippen LogP contribution in [0.25, 0.3) is 0 Å². The molecule has 1 heterocycles. The van der Waals surface area contributed by atoms with E-state index >= 15 is 0 Å². The Hall–Kier alpha value is -1.31. The summed E-state index contributed by atoms with van der Waals surface area (Å²) in [7, 11) is 0. The number of halogens is 1. The van der Waals surface area contributed by atoms with Crippen LogP contribution in [0.4, 0.5) is 0 Å². The highest BCUT2D eigenvalue weighted by atomic mass is 127. The van der Waals surface area contributed by atoms with Gasteiger partial charge in [-0.25, -0.2) is 0 Å². The van der Waals surface area contributed by atoms with Crippen LogP contribution in [0.1, 0.15) is 36.4 Å². The minimum absolute atomic E-state index is 0.202. The molecule has 1 aliphatic rings. The standard InChI is InChI=1S/C20H20IN/c21-19-12-6-5-11-18(19)20(22-15-7-2-8-16-22)14-13-17-9-3-1-4-10-17/h1,3-6,9-12,20H,2,7-8,15-16H2. The van der Waals surface area contributed by atoms with E-state index in [1.807, 2.05) is 18.2 Å². The van der Waals surface area contributed by atoms with E-state index in [2.05, 4.69) is 75.7 Å². The Morgan fingerprint density at radius 2 is 1.55 bits per heavy atom. The maximum Gasteiger partial charge on any atom is 0.0984 e. The van der Waals surface area contributed by atoms with E-state index in [1.165, 1.54) is 28.4 Å². The molecule has 1 fully saturated rings. The van der Waals surface area contributed by atoms with Crippen LogP contribution in [0.3, 0.4) is 0 Å². The molecule has 0 N–H and O–H groups in total. The molecule has 1 saturated heterocycles. The third-order valence-corrected chi connectivity index (χ3v) is 5.07. The third kappa shape index (κ3) is 3.91. The molecule has 1 atom stereocenters. The van der Waals surface area contributed by atoms with Gasteiger partial charge < -0.3 is 0 Å². The molecular formula is C20H20IN. The van der Waals surface area contributed by atoms with Gasteiger partial charge in [-0.2, -0.15) is 0 Å². The van der Waals surface area contributed by atoms with E-state index in [0.29, 0.717) is 0 Å². The monoisotopic (exact) mass is 401 g/mol. The number of likely N-dealkylation sites (tertiary alicyclic amines) is 1. The summed E-state index contributed by atoms with van der Waals surface area (Å²) in [6.45, 7) is 2.30. The maximum absolute atomic E-state index is 3.53. The van der Waals surface area contributed by atoms with E-state index < -0.39 is 0 Å². The largest absolute Gasteiger partial charge is 0.286 e. The Kier molecular flexibility index (Phi) is 5.53. The molecule has 22 heavy (non-hydrogen) atoms. The molecule has 1 unspecified atom stereocenters. The average molecular weight is 401 g/mol. The summed E-state index contributed by atoms with van der Waals surface area (Å²) in [5, 5.41) is 0. The van der Waals surface area contributed by atoms with E-state index in [0.717, 1.165) is 18.7 Å². The Morgan fingerprint density at radius 3 is 2.27 bits per heavy atom. The fraction of sp³-hybridized carbons (Fsp3) is 0.300. The number of nitrogens with zero attached hydrogens (tertiary/aromatic N) is 1. The van der Waals surface area contributed by atoms with Gasteiger partial charge >= 0.3 is 0 Å². The van der Waals surface area contributed by atoms with Gasteiger partial charge in [-0.05, 0) is 72.3 Å². The van der Waals surface area contributed by atoms with Crippen LogP contribution in [0.15, 0.2) is 54.6 Å². The van der Waals surface area contributed by atoms with Gasteiger partial charge in [-0.3, -0.25) is 4.90 Å². The molecule has 0 radical (unpaired) electrons. The van der Waals surface area contributed by atoms with Crippen LogP contribution in [0.5, 0.6) is 0 Å². The summed E-state index contributed by atoms with van der Waals surface area (Å²) < 4.78 is 1.30. The van der Waals surface area contributed by atoms with Gasteiger partial charge in [-0.15, -0.1) is 0 Å². The lowest BCUT2D eigenvalue weighted by Gasteiger charge is -2.32. The summed E-state index contributed by atoms with van der Waals surface area (Å²) in [4.78, 5) is 2.54. The lowest BCUT2D eigenvalue weighted by molar-refractivity contribution is 0.197. The molecule has 0 aliphatic carbocycles. The number of benzene rings is 2. The quantitative estimate of drug-likeness (QED) is 0.513. The molecule has 112 valence electrons. The zero-order valence-electron chi connectivity index (χ0n) is 12.6. The van der Waals surface area contributed by atoms with Crippen molar-refractivity contribution in [2.24, 2.45) is 0 Å². The van der Waals surface area contributed by atoms with Gasteiger partial charge in [0.05, 0.1) is 6.04 Å². The molecule has 1 nitrogen and oxygen atoms in total. The second-order valence-electron chi connectivity index (χ2n) is 5.66. The van der Waals surface area contributed by atoms with Crippen molar-refractivity contribution in [1.29, 1.82) is 0 Å². The topological polar surface area (TPSA) is 3.24 Å². The van der Waals surface area contributed by atoms with Crippen LogP contribution in [-0.4, -0.2) is 18.0 Å². The fourth-order valence-electron chi connectivity index (χ4n) is 2.91. The highest BCUT2D eigenvalue weighted by Gasteiger charge is 2.21. The summed E-state index contributed by atoms with van der Waals surface area (Å²) in [5.41, 5.74) is 2.43. The summed E-state index contributed by atoms with van der Waals surface area (Å²) >= 11 is 2.43. The molecule has 0 bridgehead atoms. The summed E-state index contributed by atoms with van der Waals surface area (Å²) in [6.07, 6.45) is 3.92. The predicted molar refractivity (Wildman–Crippen MR) is 101 cm³/mol. The first-order chi connectivity index (χ1) is 10.8. The van der Waals surface area contributed by atoms with E-state index in [1.54, 1.807) is 0 Å². The average Bonchev–Trinajstić information content (AvgIpc) is 2.58. The van der Waals surface area contributed by atoms with Crippen molar-refractivity contribution in [3.8, 4) is 11.8 Å². The van der Waals surface area contributed by atoms with Gasteiger partial charge in [0.15, 0.2) is 0 Å². The minimum atomic E-state index is 0.202. The first-order valence-corrected chi connectivity index (χ1v) is 8.97. The zero-order valence-corrected chi connectivity index (χ0v) is 14.8. The normalized spacial score (nSPS) is 16.6. The van der Waals surface area contributed by atoms with Gasteiger partial charge in [0, 0.05) is 9.13 Å². The van der Waals surface area contributed by atoms with Crippen molar-refractivity contribution in [3.05, 3.63) is 69.3 Å². The van der Waals surface area contributed by atoms with Crippen LogP contribution in [0.2, 0.25) is 0 Å². The van der Waals surface area contributed by atoms with Crippen molar-refractivity contribution >= 4 is 22.6 Å². The Labute approximate surface area is 146 Å². The molecule has 0 saturated carbocycles. The van der Waals surface area contributed by atoms with Gasteiger partial charge in [-0.1, -0.05) is 54.7 Å². The smallest absolute Gasteiger partial charge is 0.0984 e. The number of rotatable bonds is 2. The number of hydrogen-bond donors (Lipinski definition) is 0. The zero-order chi connectivity index (χ0) is 15.2. The van der Waals surface area contributed by atoms with Crippen molar-refractivity contribution < 1.29 is 0 Å².